The van der Waals surface area contributed by atoms with Gasteiger partial charge in [-0.05, 0) is 31.5 Å². The zero-order valence-corrected chi connectivity index (χ0v) is 9.74. The first-order valence-corrected chi connectivity index (χ1v) is 5.47. The zero-order valence-electron chi connectivity index (χ0n) is 8.16. The molecule has 0 aliphatic heterocycles. The Hall–Kier alpha value is -0.900. The lowest BCUT2D eigenvalue weighted by atomic mass is 10.2. The van der Waals surface area contributed by atoms with Crippen molar-refractivity contribution < 1.29 is 9.53 Å². The maximum Gasteiger partial charge on any atom is 0.357 e. The van der Waals surface area contributed by atoms with Gasteiger partial charge in [-0.2, -0.15) is 0 Å². The second kappa shape index (κ2) is 5.10. The van der Waals surface area contributed by atoms with Crippen molar-refractivity contribution in [2.45, 2.75) is 25.3 Å². The quantitative estimate of drug-likeness (QED) is 0.617. The Labute approximate surface area is 91.6 Å². The van der Waals surface area contributed by atoms with E-state index in [-0.39, 0.29) is 12.1 Å². The molecule has 1 aromatic rings. The number of ether oxygens (including phenoxy) is 1. The van der Waals surface area contributed by atoms with Gasteiger partial charge in [0.2, 0.25) is 0 Å². The van der Waals surface area contributed by atoms with E-state index in [9.17, 15) is 4.79 Å². The van der Waals surface area contributed by atoms with Crippen molar-refractivity contribution in [2.24, 2.45) is 0 Å². The average Bonchev–Trinajstić information content (AvgIpc) is 2.17. The van der Waals surface area contributed by atoms with Crippen LogP contribution in [0.15, 0.2) is 18.3 Å². The molecule has 0 fully saturated rings. The summed E-state index contributed by atoms with van der Waals surface area (Å²) in [5, 5.41) is 0.706. The van der Waals surface area contributed by atoms with E-state index in [0.29, 0.717) is 11.0 Å². The molecule has 1 aromatic heterocycles. The summed E-state index contributed by atoms with van der Waals surface area (Å²) in [6.07, 6.45) is 1.49. The van der Waals surface area contributed by atoms with Crippen LogP contribution in [-0.4, -0.2) is 17.1 Å². The first-order chi connectivity index (χ1) is 6.63. The molecule has 4 heteroatoms. The summed E-state index contributed by atoms with van der Waals surface area (Å²) in [5.74, 6) is -0.372. The summed E-state index contributed by atoms with van der Waals surface area (Å²) in [7, 11) is 0. The second-order valence-corrected chi connectivity index (χ2v) is 3.70. The van der Waals surface area contributed by atoms with E-state index in [4.69, 9.17) is 4.74 Å². The Balaban J connectivity index is 2.79. The molecular weight excluding hydrogens is 246 g/mol. The van der Waals surface area contributed by atoms with Gasteiger partial charge < -0.3 is 4.74 Å². The number of nitrogens with zero attached hydrogens (tertiary/aromatic N) is 1. The van der Waals surface area contributed by atoms with Crippen LogP contribution >= 0.6 is 15.9 Å². The average molecular weight is 258 g/mol. The fourth-order valence-corrected chi connectivity index (χ4v) is 1.29. The molecule has 0 unspecified atom stereocenters. The number of pyridine rings is 1. The van der Waals surface area contributed by atoms with Crippen LogP contribution in [0.25, 0.3) is 0 Å². The van der Waals surface area contributed by atoms with E-state index in [0.717, 1.165) is 5.56 Å². The highest BCUT2D eigenvalue weighted by Crippen LogP contribution is 2.08. The normalized spacial score (nSPS) is 10.3. The van der Waals surface area contributed by atoms with Crippen LogP contribution in [0.2, 0.25) is 0 Å². The predicted molar refractivity (Wildman–Crippen MR) is 57.4 cm³/mol. The van der Waals surface area contributed by atoms with Crippen LogP contribution in [0.1, 0.15) is 29.9 Å². The summed E-state index contributed by atoms with van der Waals surface area (Å²) >= 11 is 3.31. The van der Waals surface area contributed by atoms with Gasteiger partial charge in [0.25, 0.3) is 0 Å². The number of hydrogen-bond donors (Lipinski definition) is 0. The molecule has 0 radical (unpaired) electrons. The van der Waals surface area contributed by atoms with Crippen molar-refractivity contribution in [3.05, 3.63) is 29.6 Å². The van der Waals surface area contributed by atoms with Crippen molar-refractivity contribution in [3.8, 4) is 0 Å². The smallest absolute Gasteiger partial charge is 0.357 e. The maximum absolute atomic E-state index is 11.4. The van der Waals surface area contributed by atoms with Crippen LogP contribution in [-0.2, 0) is 10.1 Å². The molecule has 0 atom stereocenters. The highest BCUT2D eigenvalue weighted by Gasteiger charge is 2.10. The van der Waals surface area contributed by atoms with Crippen LogP contribution in [0.5, 0.6) is 0 Å². The number of carbonyl (C=O) groups is 1. The zero-order chi connectivity index (χ0) is 10.6. The SMILES string of the molecule is CC(C)OC(=O)c1cc(CBr)ccn1. The highest BCUT2D eigenvalue weighted by atomic mass is 79.9. The Morgan fingerprint density at radius 2 is 2.36 bits per heavy atom. The molecule has 76 valence electrons. The van der Waals surface area contributed by atoms with Gasteiger partial charge in [-0.1, -0.05) is 15.9 Å². The van der Waals surface area contributed by atoms with Gasteiger partial charge in [0.15, 0.2) is 0 Å². The molecule has 0 aromatic carbocycles. The van der Waals surface area contributed by atoms with Crippen LogP contribution in [0.4, 0.5) is 0 Å². The van der Waals surface area contributed by atoms with Gasteiger partial charge in [0.1, 0.15) is 5.69 Å². The lowest BCUT2D eigenvalue weighted by Gasteiger charge is -2.07. The summed E-state index contributed by atoms with van der Waals surface area (Å²) in [5.41, 5.74) is 1.37. The predicted octanol–water partition coefficient (Wildman–Crippen LogP) is 2.54. The molecule has 0 saturated heterocycles. The molecule has 0 saturated carbocycles. The fraction of sp³-hybridized carbons (Fsp3) is 0.400. The third kappa shape index (κ3) is 3.10. The molecular formula is C10H12BrNO2. The van der Waals surface area contributed by atoms with Gasteiger partial charge in [-0.25, -0.2) is 9.78 Å². The molecule has 14 heavy (non-hydrogen) atoms. The minimum absolute atomic E-state index is 0.114. The third-order valence-electron chi connectivity index (χ3n) is 1.53. The molecule has 0 bridgehead atoms. The van der Waals surface area contributed by atoms with Crippen LogP contribution in [0.3, 0.4) is 0 Å². The van der Waals surface area contributed by atoms with E-state index in [1.807, 2.05) is 19.9 Å². The monoisotopic (exact) mass is 257 g/mol. The standard InChI is InChI=1S/C10H12BrNO2/c1-7(2)14-10(13)9-5-8(6-11)3-4-12-9/h3-5,7H,6H2,1-2H3. The molecule has 0 aliphatic carbocycles. The van der Waals surface area contributed by atoms with E-state index in [2.05, 4.69) is 20.9 Å². The van der Waals surface area contributed by atoms with Crippen LogP contribution in [0, 0.1) is 0 Å². The Morgan fingerprint density at radius 1 is 1.64 bits per heavy atom. The van der Waals surface area contributed by atoms with E-state index < -0.39 is 0 Å². The number of hydrogen-bond acceptors (Lipinski definition) is 3. The summed E-state index contributed by atoms with van der Waals surface area (Å²) in [6.45, 7) is 3.62. The largest absolute Gasteiger partial charge is 0.458 e. The second-order valence-electron chi connectivity index (χ2n) is 3.14. The molecule has 0 N–H and O–H groups in total. The summed E-state index contributed by atoms with van der Waals surface area (Å²) in [4.78, 5) is 15.4. The lowest BCUT2D eigenvalue weighted by molar-refractivity contribution is 0.0371. The van der Waals surface area contributed by atoms with Gasteiger partial charge in [0.05, 0.1) is 6.10 Å². The van der Waals surface area contributed by atoms with Crippen molar-refractivity contribution >= 4 is 21.9 Å². The number of halogens is 1. The molecule has 1 heterocycles. The Morgan fingerprint density at radius 3 is 2.93 bits per heavy atom. The Bertz CT molecular complexity index is 326. The van der Waals surface area contributed by atoms with E-state index >= 15 is 0 Å². The third-order valence-corrected chi connectivity index (χ3v) is 2.18. The van der Waals surface area contributed by atoms with E-state index in [1.165, 1.54) is 0 Å². The molecule has 0 amide bonds. The first-order valence-electron chi connectivity index (χ1n) is 4.35. The summed E-state index contributed by atoms with van der Waals surface area (Å²) in [6, 6.07) is 3.57. The van der Waals surface area contributed by atoms with Crippen molar-refractivity contribution in [3.63, 3.8) is 0 Å². The van der Waals surface area contributed by atoms with Gasteiger partial charge in [-0.15, -0.1) is 0 Å². The highest BCUT2D eigenvalue weighted by molar-refractivity contribution is 9.08. The molecule has 0 spiro atoms. The first kappa shape index (κ1) is 11.2. The van der Waals surface area contributed by atoms with Gasteiger partial charge in [0, 0.05) is 11.5 Å². The lowest BCUT2D eigenvalue weighted by Crippen LogP contribution is -2.13. The fourth-order valence-electron chi connectivity index (χ4n) is 0.943. The van der Waals surface area contributed by atoms with Gasteiger partial charge in [-0.3, -0.25) is 0 Å². The summed E-state index contributed by atoms with van der Waals surface area (Å²) < 4.78 is 5.02. The number of carbonyl (C=O) groups excluding carboxylic acids is 1. The Kier molecular flexibility index (Phi) is 4.07. The maximum atomic E-state index is 11.4. The minimum atomic E-state index is -0.372. The van der Waals surface area contributed by atoms with Crippen LogP contribution < -0.4 is 0 Å². The number of alkyl halides is 1. The van der Waals surface area contributed by atoms with Gasteiger partial charge >= 0.3 is 5.97 Å². The number of rotatable bonds is 3. The van der Waals surface area contributed by atoms with E-state index in [1.54, 1.807) is 12.3 Å². The minimum Gasteiger partial charge on any atom is -0.458 e. The van der Waals surface area contributed by atoms with Crippen molar-refractivity contribution in [2.75, 3.05) is 0 Å². The topological polar surface area (TPSA) is 39.2 Å². The van der Waals surface area contributed by atoms with Crippen molar-refractivity contribution in [1.29, 1.82) is 0 Å². The number of aromatic nitrogens is 1. The van der Waals surface area contributed by atoms with Crippen molar-refractivity contribution in [1.82, 2.24) is 4.98 Å². The molecule has 0 aliphatic rings. The molecule has 1 rings (SSSR count). The number of esters is 1. The molecule has 3 nitrogen and oxygen atoms in total.